The number of hydrogen-bond donors (Lipinski definition) is 3. The Morgan fingerprint density at radius 1 is 1.14 bits per heavy atom. The number of rotatable bonds is 7. The van der Waals surface area contributed by atoms with Crippen molar-refractivity contribution in [2.75, 3.05) is 59.4 Å². The first-order valence-electron chi connectivity index (χ1n) is 12.4. The van der Waals surface area contributed by atoms with Gasteiger partial charge in [-0.05, 0) is 73.2 Å². The van der Waals surface area contributed by atoms with Crippen LogP contribution in [0.4, 0.5) is 0 Å². The number of aromatic hydroxyl groups is 1. The van der Waals surface area contributed by atoms with Crippen molar-refractivity contribution < 1.29 is 18.3 Å². The number of halogens is 1. The number of carbonyl (C=O) groups excluding carboxylic acids is 1. The summed E-state index contributed by atoms with van der Waals surface area (Å²) in [6.07, 6.45) is 3.73. The van der Waals surface area contributed by atoms with Gasteiger partial charge in [-0.15, -0.1) is 0 Å². The van der Waals surface area contributed by atoms with Crippen LogP contribution in [0, 0.1) is 0 Å². The first kappa shape index (κ1) is 26.1. The fourth-order valence-electron chi connectivity index (χ4n) is 4.92. The molecular formula is C25H31BrN6O4S. The van der Waals surface area contributed by atoms with Crippen molar-refractivity contribution >= 4 is 42.8 Å². The van der Waals surface area contributed by atoms with Gasteiger partial charge in [0.1, 0.15) is 4.90 Å². The summed E-state index contributed by atoms with van der Waals surface area (Å²) in [7, 11) is -1.68. The number of H-pyrrole nitrogens is 1. The molecule has 198 valence electrons. The van der Waals surface area contributed by atoms with Gasteiger partial charge in [0.05, 0.1) is 22.3 Å². The van der Waals surface area contributed by atoms with Crippen molar-refractivity contribution in [3.05, 3.63) is 40.5 Å². The number of hydrogen-bond acceptors (Lipinski definition) is 7. The van der Waals surface area contributed by atoms with Crippen molar-refractivity contribution in [3.8, 4) is 17.1 Å². The molecule has 0 unspecified atom stereocenters. The molecule has 2 fully saturated rings. The fourth-order valence-corrected chi connectivity index (χ4v) is 6.81. The number of amides is 1. The van der Waals surface area contributed by atoms with Crippen molar-refractivity contribution in [2.45, 2.75) is 17.7 Å². The second-order valence-corrected chi connectivity index (χ2v) is 12.4. The summed E-state index contributed by atoms with van der Waals surface area (Å²) in [6.45, 7) is 5.73. The molecule has 2 aliphatic rings. The molecule has 10 nitrogen and oxygen atoms in total. The highest BCUT2D eigenvalue weighted by Crippen LogP contribution is 2.38. The highest BCUT2D eigenvalue weighted by molar-refractivity contribution is 9.10. The molecule has 37 heavy (non-hydrogen) atoms. The van der Waals surface area contributed by atoms with E-state index in [1.807, 2.05) is 7.05 Å². The van der Waals surface area contributed by atoms with Gasteiger partial charge in [-0.2, -0.15) is 4.31 Å². The molecular weight excluding hydrogens is 560 g/mol. The zero-order valence-corrected chi connectivity index (χ0v) is 23.1. The Bertz CT molecular complexity index is 1390. The van der Waals surface area contributed by atoms with E-state index >= 15 is 0 Å². The molecule has 0 radical (unpaired) electrons. The van der Waals surface area contributed by atoms with Crippen LogP contribution in [-0.4, -0.2) is 103 Å². The third-order valence-corrected chi connectivity index (χ3v) is 9.65. The summed E-state index contributed by atoms with van der Waals surface area (Å²) in [5.74, 6) is -0.308. The molecule has 5 rings (SSSR count). The number of fused-ring (bicyclic) bond motifs is 1. The van der Waals surface area contributed by atoms with Crippen LogP contribution in [0.5, 0.6) is 5.88 Å². The van der Waals surface area contributed by atoms with Gasteiger partial charge in [0.25, 0.3) is 5.91 Å². The molecule has 3 N–H and O–H groups in total. The number of aromatic nitrogens is 2. The minimum atomic E-state index is -3.65. The predicted molar refractivity (Wildman–Crippen MR) is 145 cm³/mol. The number of sulfonamides is 1. The van der Waals surface area contributed by atoms with E-state index in [0.29, 0.717) is 64.9 Å². The largest absolute Gasteiger partial charge is 0.494 e. The van der Waals surface area contributed by atoms with Crippen molar-refractivity contribution in [1.29, 1.82) is 0 Å². The maximum atomic E-state index is 13.1. The average Bonchev–Trinajstić information content (AvgIpc) is 3.50. The first-order chi connectivity index (χ1) is 17.7. The van der Waals surface area contributed by atoms with Gasteiger partial charge < -0.3 is 25.2 Å². The maximum Gasteiger partial charge on any atom is 0.252 e. The van der Waals surface area contributed by atoms with Crippen molar-refractivity contribution in [3.63, 3.8) is 0 Å². The third-order valence-electron chi connectivity index (χ3n) is 7.12. The molecule has 3 aromatic rings. The number of nitrogens with zero attached hydrogens (tertiary/aromatic N) is 4. The average molecular weight is 592 g/mol. The number of benzene rings is 1. The van der Waals surface area contributed by atoms with Gasteiger partial charge in [0.2, 0.25) is 10.0 Å². The van der Waals surface area contributed by atoms with Crippen LogP contribution in [-0.2, 0) is 10.0 Å². The Kier molecular flexibility index (Phi) is 7.55. The number of piperazine rings is 1. The zero-order valence-electron chi connectivity index (χ0n) is 20.7. The smallest absolute Gasteiger partial charge is 0.252 e. The van der Waals surface area contributed by atoms with Crippen LogP contribution < -0.4 is 5.32 Å². The van der Waals surface area contributed by atoms with Crippen molar-refractivity contribution in [2.24, 2.45) is 0 Å². The molecule has 0 spiro atoms. The zero-order chi connectivity index (χ0) is 26.2. The standard InChI is InChI=1S/C25H31BrN6O4S/c1-30-10-12-32(13-11-30)37(35,36)17-4-5-21(28-16-17)23-19-14-18(20(26)15-22(19)29-25(23)34)24(33)27-6-9-31-7-2-3-8-31/h4-5,14-16,29,34H,2-3,6-13H2,1H3,(H,27,33). The number of likely N-dealkylation sites (N-methyl/N-ethyl adjacent to an activating group) is 1. The summed E-state index contributed by atoms with van der Waals surface area (Å²) in [6, 6.07) is 6.56. The lowest BCUT2D eigenvalue weighted by Crippen LogP contribution is -2.47. The quantitative estimate of drug-likeness (QED) is 0.386. The number of nitrogens with one attached hydrogen (secondary N) is 2. The third kappa shape index (κ3) is 5.39. The molecule has 1 amide bonds. The minimum absolute atomic E-state index is 0.101. The topological polar surface area (TPSA) is 122 Å². The second kappa shape index (κ2) is 10.7. The lowest BCUT2D eigenvalue weighted by Gasteiger charge is -2.31. The normalized spacial score (nSPS) is 18.0. The molecule has 0 atom stereocenters. The van der Waals surface area contributed by atoms with Gasteiger partial charge in [-0.25, -0.2) is 8.42 Å². The molecule has 12 heteroatoms. The van der Waals surface area contributed by atoms with Crippen LogP contribution in [0.25, 0.3) is 22.2 Å². The molecule has 4 heterocycles. The van der Waals surface area contributed by atoms with E-state index in [2.05, 4.69) is 41.0 Å². The van der Waals surface area contributed by atoms with Crippen LogP contribution in [0.15, 0.2) is 39.8 Å². The molecule has 2 aliphatic heterocycles. The summed E-state index contributed by atoms with van der Waals surface area (Å²) in [5, 5.41) is 14.3. The van der Waals surface area contributed by atoms with Gasteiger partial charge in [-0.3, -0.25) is 9.78 Å². The van der Waals surface area contributed by atoms with Gasteiger partial charge >= 0.3 is 0 Å². The van der Waals surface area contributed by atoms with E-state index in [1.165, 1.54) is 29.4 Å². The number of pyridine rings is 1. The highest BCUT2D eigenvalue weighted by atomic mass is 79.9. The van der Waals surface area contributed by atoms with E-state index in [0.717, 1.165) is 19.6 Å². The van der Waals surface area contributed by atoms with Crippen LogP contribution in [0.1, 0.15) is 23.2 Å². The summed E-state index contributed by atoms with van der Waals surface area (Å²) >= 11 is 3.48. The second-order valence-electron chi connectivity index (χ2n) is 9.62. The molecule has 0 bridgehead atoms. The Morgan fingerprint density at radius 3 is 2.54 bits per heavy atom. The lowest BCUT2D eigenvalue weighted by atomic mass is 10.1. The van der Waals surface area contributed by atoms with E-state index in [9.17, 15) is 18.3 Å². The number of aromatic amines is 1. The highest BCUT2D eigenvalue weighted by Gasteiger charge is 2.28. The Hall–Kier alpha value is -2.51. The Labute approximate surface area is 224 Å². The monoisotopic (exact) mass is 590 g/mol. The molecule has 1 aromatic carbocycles. The molecule has 2 aromatic heterocycles. The Morgan fingerprint density at radius 2 is 1.86 bits per heavy atom. The number of carbonyl (C=O) groups is 1. The fraction of sp³-hybridized carbons (Fsp3) is 0.440. The maximum absolute atomic E-state index is 13.1. The Balaban J connectivity index is 1.38. The van der Waals surface area contributed by atoms with Gasteiger partial charge in [0.15, 0.2) is 5.88 Å². The van der Waals surface area contributed by atoms with E-state index in [-0.39, 0.29) is 16.7 Å². The summed E-state index contributed by atoms with van der Waals surface area (Å²) in [5.41, 5.74) is 1.90. The van der Waals surface area contributed by atoms with Crippen LogP contribution in [0.3, 0.4) is 0 Å². The van der Waals surface area contributed by atoms with E-state index in [4.69, 9.17) is 0 Å². The minimum Gasteiger partial charge on any atom is -0.494 e. The van der Waals surface area contributed by atoms with Crippen LogP contribution >= 0.6 is 15.9 Å². The summed E-state index contributed by atoms with van der Waals surface area (Å²) in [4.78, 5) is 24.8. The van der Waals surface area contributed by atoms with E-state index in [1.54, 1.807) is 18.2 Å². The SMILES string of the molecule is CN1CCN(S(=O)(=O)c2ccc(-c3c(O)[nH]c4cc(Br)c(C(=O)NCCN5CCCC5)cc34)nc2)CC1. The number of likely N-dealkylation sites (tertiary alicyclic amines) is 1. The van der Waals surface area contributed by atoms with Crippen LogP contribution in [0.2, 0.25) is 0 Å². The van der Waals surface area contributed by atoms with Gasteiger partial charge in [-0.1, -0.05) is 0 Å². The lowest BCUT2D eigenvalue weighted by molar-refractivity contribution is 0.0949. The van der Waals surface area contributed by atoms with E-state index < -0.39 is 10.0 Å². The first-order valence-corrected chi connectivity index (χ1v) is 14.7. The van der Waals surface area contributed by atoms with Crippen molar-refractivity contribution in [1.82, 2.24) is 29.4 Å². The molecule has 2 saturated heterocycles. The molecule has 0 saturated carbocycles. The molecule has 0 aliphatic carbocycles. The predicted octanol–water partition coefficient (Wildman–Crippen LogP) is 2.46. The summed E-state index contributed by atoms with van der Waals surface area (Å²) < 4.78 is 28.2. The van der Waals surface area contributed by atoms with Gasteiger partial charge in [0, 0.05) is 55.3 Å².